The fourth-order valence-corrected chi connectivity index (χ4v) is 1.63. The number of nitrogens with two attached hydrogens (primary N) is 1. The van der Waals surface area contributed by atoms with Crippen LogP contribution in [0.15, 0.2) is 42.6 Å². The molecule has 0 aliphatic rings. The molecule has 5 heteroatoms. The van der Waals surface area contributed by atoms with Gasteiger partial charge in [-0.2, -0.15) is 0 Å². The lowest BCUT2D eigenvalue weighted by molar-refractivity contribution is -0.385. The molecular formula is C12H11N3O2. The van der Waals surface area contributed by atoms with Gasteiger partial charge >= 0.3 is 0 Å². The number of aromatic nitrogens is 1. The predicted molar refractivity (Wildman–Crippen MR) is 64.6 cm³/mol. The lowest BCUT2D eigenvalue weighted by Crippen LogP contribution is -2.00. The first-order chi connectivity index (χ1) is 8.16. The fourth-order valence-electron chi connectivity index (χ4n) is 1.63. The van der Waals surface area contributed by atoms with Crippen LogP contribution in [-0.4, -0.2) is 9.91 Å². The van der Waals surface area contributed by atoms with Crippen LogP contribution in [0, 0.1) is 10.1 Å². The minimum atomic E-state index is -0.440. The van der Waals surface area contributed by atoms with E-state index in [9.17, 15) is 10.1 Å². The highest BCUT2D eigenvalue weighted by Crippen LogP contribution is 2.22. The van der Waals surface area contributed by atoms with Crippen LogP contribution in [0.3, 0.4) is 0 Å². The fraction of sp³-hybridized carbons (Fsp3) is 0.0833. The van der Waals surface area contributed by atoms with E-state index in [-0.39, 0.29) is 5.69 Å². The second kappa shape index (κ2) is 4.61. The molecule has 1 aromatic carbocycles. The molecule has 0 bridgehead atoms. The maximum atomic E-state index is 10.8. The molecule has 0 saturated carbocycles. The molecule has 2 N–H and O–H groups in total. The highest BCUT2D eigenvalue weighted by Gasteiger charge is 2.14. The van der Waals surface area contributed by atoms with Crippen molar-refractivity contribution >= 4 is 11.5 Å². The van der Waals surface area contributed by atoms with Gasteiger partial charge in [0.25, 0.3) is 5.69 Å². The third-order valence-corrected chi connectivity index (χ3v) is 2.42. The van der Waals surface area contributed by atoms with Crippen molar-refractivity contribution in [1.29, 1.82) is 0 Å². The van der Waals surface area contributed by atoms with Gasteiger partial charge in [0, 0.05) is 12.0 Å². The Bertz CT molecular complexity index is 541. The molecule has 86 valence electrons. The lowest BCUT2D eigenvalue weighted by Gasteiger charge is -2.03. The van der Waals surface area contributed by atoms with Gasteiger partial charge in [-0.05, 0) is 11.6 Å². The van der Waals surface area contributed by atoms with E-state index in [0.717, 1.165) is 5.56 Å². The summed E-state index contributed by atoms with van der Waals surface area (Å²) < 4.78 is 0. The van der Waals surface area contributed by atoms with Gasteiger partial charge in [-0.25, -0.2) is 4.98 Å². The Balaban J connectivity index is 2.37. The van der Waals surface area contributed by atoms with E-state index in [4.69, 9.17) is 5.73 Å². The molecule has 2 aromatic rings. The van der Waals surface area contributed by atoms with Gasteiger partial charge < -0.3 is 5.73 Å². The molecule has 0 radical (unpaired) electrons. The van der Waals surface area contributed by atoms with Crippen molar-refractivity contribution in [3.63, 3.8) is 0 Å². The maximum absolute atomic E-state index is 10.8. The first-order valence-corrected chi connectivity index (χ1v) is 5.09. The molecule has 0 aliphatic carbocycles. The van der Waals surface area contributed by atoms with Crippen molar-refractivity contribution < 1.29 is 4.92 Å². The number of benzene rings is 1. The summed E-state index contributed by atoms with van der Waals surface area (Å²) in [5.74, 6) is 0.293. The average Bonchev–Trinajstić information content (AvgIpc) is 2.30. The quantitative estimate of drug-likeness (QED) is 0.645. The first kappa shape index (κ1) is 11.1. The molecule has 0 unspecified atom stereocenters. The molecule has 0 saturated heterocycles. The molecule has 1 aromatic heterocycles. The Kier molecular flexibility index (Phi) is 3.00. The van der Waals surface area contributed by atoms with Crippen LogP contribution in [0.5, 0.6) is 0 Å². The van der Waals surface area contributed by atoms with Crippen LogP contribution >= 0.6 is 0 Å². The maximum Gasteiger partial charge on any atom is 0.291 e. The Labute approximate surface area is 98.1 Å². The van der Waals surface area contributed by atoms with Crippen LogP contribution in [0.25, 0.3) is 0 Å². The number of pyridine rings is 1. The monoisotopic (exact) mass is 229 g/mol. The zero-order valence-electron chi connectivity index (χ0n) is 9.04. The predicted octanol–water partition coefficient (Wildman–Crippen LogP) is 2.16. The van der Waals surface area contributed by atoms with Crippen LogP contribution in [-0.2, 0) is 6.42 Å². The van der Waals surface area contributed by atoms with E-state index < -0.39 is 4.92 Å². The van der Waals surface area contributed by atoms with Crippen molar-refractivity contribution in [3.8, 4) is 0 Å². The summed E-state index contributed by atoms with van der Waals surface area (Å²) in [5, 5.41) is 10.8. The molecule has 0 amide bonds. The molecule has 17 heavy (non-hydrogen) atoms. The number of nitro groups is 1. The SMILES string of the molecule is Nc1cc(Cc2ccccc2)c([N+](=O)[O-])cn1. The number of hydrogen-bond donors (Lipinski definition) is 1. The molecule has 5 nitrogen and oxygen atoms in total. The van der Waals surface area contributed by atoms with Gasteiger partial charge in [0.2, 0.25) is 0 Å². The van der Waals surface area contributed by atoms with Gasteiger partial charge in [-0.15, -0.1) is 0 Å². The van der Waals surface area contributed by atoms with Crippen LogP contribution in [0.4, 0.5) is 11.5 Å². The van der Waals surface area contributed by atoms with Crippen molar-refractivity contribution in [1.82, 2.24) is 4.98 Å². The Morgan fingerprint density at radius 3 is 2.65 bits per heavy atom. The van der Waals surface area contributed by atoms with Crippen LogP contribution in [0.2, 0.25) is 0 Å². The zero-order chi connectivity index (χ0) is 12.3. The van der Waals surface area contributed by atoms with E-state index in [1.807, 2.05) is 30.3 Å². The van der Waals surface area contributed by atoms with Gasteiger partial charge in [0.1, 0.15) is 12.0 Å². The van der Waals surface area contributed by atoms with E-state index in [2.05, 4.69) is 4.98 Å². The number of anilines is 1. The van der Waals surface area contributed by atoms with Crippen LogP contribution < -0.4 is 5.73 Å². The highest BCUT2D eigenvalue weighted by atomic mass is 16.6. The van der Waals surface area contributed by atoms with E-state index in [1.165, 1.54) is 6.20 Å². The van der Waals surface area contributed by atoms with Crippen LogP contribution in [0.1, 0.15) is 11.1 Å². The molecular weight excluding hydrogens is 218 g/mol. The molecule has 1 heterocycles. The Morgan fingerprint density at radius 2 is 2.00 bits per heavy atom. The number of nitrogen functional groups attached to an aromatic ring is 1. The van der Waals surface area contributed by atoms with Crippen molar-refractivity contribution in [2.24, 2.45) is 0 Å². The zero-order valence-corrected chi connectivity index (χ0v) is 9.04. The minimum absolute atomic E-state index is 0.00283. The van der Waals surface area contributed by atoms with Gasteiger partial charge in [0.05, 0.1) is 4.92 Å². The summed E-state index contributed by atoms with van der Waals surface area (Å²) in [6.07, 6.45) is 1.68. The third-order valence-electron chi connectivity index (χ3n) is 2.42. The molecule has 0 spiro atoms. The second-order valence-corrected chi connectivity index (χ2v) is 3.66. The Morgan fingerprint density at radius 1 is 1.29 bits per heavy atom. The lowest BCUT2D eigenvalue weighted by atomic mass is 10.0. The van der Waals surface area contributed by atoms with E-state index >= 15 is 0 Å². The summed E-state index contributed by atoms with van der Waals surface area (Å²) in [5.41, 5.74) is 7.13. The molecule has 0 atom stereocenters. The smallest absolute Gasteiger partial charge is 0.291 e. The summed E-state index contributed by atoms with van der Waals surface area (Å²) in [7, 11) is 0. The van der Waals surface area contributed by atoms with Crippen molar-refractivity contribution in [2.45, 2.75) is 6.42 Å². The number of hydrogen-bond acceptors (Lipinski definition) is 4. The highest BCUT2D eigenvalue weighted by molar-refractivity contribution is 5.47. The Hall–Kier alpha value is -2.43. The van der Waals surface area contributed by atoms with Crippen molar-refractivity contribution in [2.75, 3.05) is 5.73 Å². The van der Waals surface area contributed by atoms with E-state index in [0.29, 0.717) is 17.8 Å². The van der Waals surface area contributed by atoms with E-state index in [1.54, 1.807) is 6.07 Å². The number of nitrogens with zero attached hydrogens (tertiary/aromatic N) is 2. The average molecular weight is 229 g/mol. The second-order valence-electron chi connectivity index (χ2n) is 3.66. The standard InChI is InChI=1S/C12H11N3O2/c13-12-7-10(11(8-14-12)15(16)17)6-9-4-2-1-3-5-9/h1-5,7-8H,6H2,(H2,13,14). The topological polar surface area (TPSA) is 82.0 Å². The van der Waals surface area contributed by atoms with Crippen molar-refractivity contribution in [3.05, 3.63) is 63.8 Å². The summed E-state index contributed by atoms with van der Waals surface area (Å²) in [6.45, 7) is 0. The normalized spacial score (nSPS) is 10.1. The number of rotatable bonds is 3. The summed E-state index contributed by atoms with van der Waals surface area (Å²) in [4.78, 5) is 14.1. The summed E-state index contributed by atoms with van der Waals surface area (Å²) in [6, 6.07) is 11.1. The minimum Gasteiger partial charge on any atom is -0.384 e. The first-order valence-electron chi connectivity index (χ1n) is 5.09. The van der Waals surface area contributed by atoms with Gasteiger partial charge in [0.15, 0.2) is 0 Å². The molecule has 2 rings (SSSR count). The molecule has 0 aliphatic heterocycles. The molecule has 0 fully saturated rings. The van der Waals surface area contributed by atoms with Gasteiger partial charge in [-0.1, -0.05) is 30.3 Å². The third kappa shape index (κ3) is 2.57. The van der Waals surface area contributed by atoms with Gasteiger partial charge in [-0.3, -0.25) is 10.1 Å². The summed E-state index contributed by atoms with van der Waals surface area (Å²) >= 11 is 0. The largest absolute Gasteiger partial charge is 0.384 e.